The fourth-order valence-corrected chi connectivity index (χ4v) is 4.15. The third kappa shape index (κ3) is 5.98. The van der Waals surface area contributed by atoms with E-state index in [2.05, 4.69) is 20.8 Å². The van der Waals surface area contributed by atoms with E-state index in [1.807, 2.05) is 43.5 Å². The fraction of sp³-hybridized carbons (Fsp3) is 0.333. The second kappa shape index (κ2) is 11.1. The molecule has 7 nitrogen and oxygen atoms in total. The van der Waals surface area contributed by atoms with Crippen LogP contribution in [0.5, 0.6) is 0 Å². The van der Waals surface area contributed by atoms with Gasteiger partial charge in [0, 0.05) is 23.4 Å². The number of hydrogen-bond donors (Lipinski definition) is 2. The molecule has 0 aliphatic carbocycles. The molecule has 1 atom stereocenters. The van der Waals surface area contributed by atoms with E-state index in [4.69, 9.17) is 0 Å². The number of rotatable bonds is 9. The van der Waals surface area contributed by atoms with Gasteiger partial charge in [-0.1, -0.05) is 49.9 Å². The molecule has 2 aromatic carbocycles. The van der Waals surface area contributed by atoms with E-state index in [1.165, 1.54) is 17.8 Å². The molecule has 3 aromatic rings. The molecule has 0 aliphatic heterocycles. The lowest BCUT2D eigenvalue weighted by atomic mass is 10.0. The molecule has 0 saturated carbocycles. The zero-order valence-electron chi connectivity index (χ0n) is 19.1. The highest BCUT2D eigenvalue weighted by Crippen LogP contribution is 2.26. The fourth-order valence-electron chi connectivity index (χ4n) is 3.34. The van der Waals surface area contributed by atoms with Crippen molar-refractivity contribution in [2.75, 3.05) is 11.1 Å². The highest BCUT2D eigenvalue weighted by atomic mass is 32.2. The molecule has 3 rings (SSSR count). The van der Waals surface area contributed by atoms with Gasteiger partial charge >= 0.3 is 0 Å². The summed E-state index contributed by atoms with van der Waals surface area (Å²) in [5, 5.41) is 15.0. The monoisotopic (exact) mass is 469 g/mol. The quantitative estimate of drug-likeness (QED) is 0.447. The SMILES string of the molecule is CCn1c(SCC(=O)Nc2cccc(F)c2C)nnc1[C@H](NC(=O)c1ccccc1)C(C)C. The molecule has 0 unspecified atom stereocenters. The summed E-state index contributed by atoms with van der Waals surface area (Å²) in [5.74, 6) is -0.00714. The molecule has 9 heteroatoms. The van der Waals surface area contributed by atoms with Crippen molar-refractivity contribution in [2.24, 2.45) is 5.92 Å². The Hall–Kier alpha value is -3.20. The first-order valence-electron chi connectivity index (χ1n) is 10.8. The predicted molar refractivity (Wildman–Crippen MR) is 128 cm³/mol. The van der Waals surface area contributed by atoms with Crippen LogP contribution in [0.1, 0.15) is 48.6 Å². The molecule has 33 heavy (non-hydrogen) atoms. The smallest absolute Gasteiger partial charge is 0.251 e. The first-order valence-corrected chi connectivity index (χ1v) is 11.8. The standard InChI is InChI=1S/C24H28FN5O2S/c1-5-30-22(21(15(2)3)27-23(32)17-10-7-6-8-11-17)28-29-24(30)33-14-20(31)26-19-13-9-12-18(25)16(19)4/h6-13,15,21H,5,14H2,1-4H3,(H,26,31)(H,27,32)/t21-/m1/s1. The van der Waals surface area contributed by atoms with Gasteiger partial charge in [0.2, 0.25) is 5.91 Å². The molecule has 0 bridgehead atoms. The number of anilines is 1. The van der Waals surface area contributed by atoms with Crippen LogP contribution in [-0.2, 0) is 11.3 Å². The molecule has 1 aromatic heterocycles. The van der Waals surface area contributed by atoms with E-state index in [0.29, 0.717) is 34.3 Å². The third-order valence-corrected chi connectivity index (χ3v) is 6.17. The number of carbonyl (C=O) groups is 2. The van der Waals surface area contributed by atoms with E-state index < -0.39 is 0 Å². The first kappa shape index (κ1) is 24.4. The van der Waals surface area contributed by atoms with Crippen molar-refractivity contribution >= 4 is 29.3 Å². The van der Waals surface area contributed by atoms with Gasteiger partial charge in [-0.15, -0.1) is 10.2 Å². The van der Waals surface area contributed by atoms with Crippen LogP contribution in [-0.4, -0.2) is 32.3 Å². The first-order chi connectivity index (χ1) is 15.8. The maximum atomic E-state index is 13.7. The topological polar surface area (TPSA) is 88.9 Å². The minimum atomic E-state index is -0.368. The second-order valence-corrected chi connectivity index (χ2v) is 8.84. The van der Waals surface area contributed by atoms with Crippen LogP contribution in [0.25, 0.3) is 0 Å². The number of carbonyl (C=O) groups excluding carboxylic acids is 2. The third-order valence-electron chi connectivity index (χ3n) is 5.20. The van der Waals surface area contributed by atoms with Crippen LogP contribution in [0, 0.1) is 18.7 Å². The van der Waals surface area contributed by atoms with Gasteiger partial charge in [0.1, 0.15) is 5.82 Å². The molecule has 0 saturated heterocycles. The summed E-state index contributed by atoms with van der Waals surface area (Å²) in [4.78, 5) is 25.2. The lowest BCUT2D eigenvalue weighted by Gasteiger charge is -2.22. The van der Waals surface area contributed by atoms with Gasteiger partial charge in [-0.05, 0) is 44.0 Å². The van der Waals surface area contributed by atoms with Crippen LogP contribution in [0.3, 0.4) is 0 Å². The van der Waals surface area contributed by atoms with Crippen molar-refractivity contribution in [1.29, 1.82) is 0 Å². The van der Waals surface area contributed by atoms with E-state index >= 15 is 0 Å². The van der Waals surface area contributed by atoms with Crippen molar-refractivity contribution in [1.82, 2.24) is 20.1 Å². The summed E-state index contributed by atoms with van der Waals surface area (Å²) < 4.78 is 15.6. The Morgan fingerprint density at radius 3 is 2.48 bits per heavy atom. The number of nitrogens with zero attached hydrogens (tertiary/aromatic N) is 3. The Bertz CT molecular complexity index is 1120. The van der Waals surface area contributed by atoms with Gasteiger partial charge in [-0.2, -0.15) is 0 Å². The number of halogens is 1. The number of hydrogen-bond acceptors (Lipinski definition) is 5. The largest absolute Gasteiger partial charge is 0.342 e. The van der Waals surface area contributed by atoms with Crippen LogP contribution >= 0.6 is 11.8 Å². The van der Waals surface area contributed by atoms with Gasteiger partial charge in [0.25, 0.3) is 5.91 Å². The highest BCUT2D eigenvalue weighted by molar-refractivity contribution is 7.99. The summed E-state index contributed by atoms with van der Waals surface area (Å²) in [7, 11) is 0. The molecule has 0 fully saturated rings. The Labute approximate surface area is 197 Å². The number of nitrogens with one attached hydrogen (secondary N) is 2. The Kier molecular flexibility index (Phi) is 8.21. The van der Waals surface area contributed by atoms with E-state index in [9.17, 15) is 14.0 Å². The average molecular weight is 470 g/mol. The minimum Gasteiger partial charge on any atom is -0.342 e. The summed E-state index contributed by atoms with van der Waals surface area (Å²) in [5.41, 5.74) is 1.41. The van der Waals surface area contributed by atoms with Gasteiger partial charge in [-0.25, -0.2) is 4.39 Å². The maximum Gasteiger partial charge on any atom is 0.251 e. The maximum absolute atomic E-state index is 13.7. The summed E-state index contributed by atoms with van der Waals surface area (Å²) in [6, 6.07) is 13.2. The van der Waals surface area contributed by atoms with Crippen molar-refractivity contribution in [3.8, 4) is 0 Å². The molecule has 0 aliphatic rings. The van der Waals surface area contributed by atoms with E-state index in [1.54, 1.807) is 31.2 Å². The Morgan fingerprint density at radius 2 is 1.82 bits per heavy atom. The molecule has 174 valence electrons. The summed E-state index contributed by atoms with van der Waals surface area (Å²) in [6.45, 7) is 8.18. The van der Waals surface area contributed by atoms with E-state index in [0.717, 1.165) is 0 Å². The molecule has 2 amide bonds. The van der Waals surface area contributed by atoms with Crippen LogP contribution in [0.2, 0.25) is 0 Å². The minimum absolute atomic E-state index is 0.0734. The molecule has 2 N–H and O–H groups in total. The van der Waals surface area contributed by atoms with Gasteiger partial charge in [-0.3, -0.25) is 9.59 Å². The lowest BCUT2D eigenvalue weighted by Crippen LogP contribution is -2.33. The summed E-state index contributed by atoms with van der Waals surface area (Å²) in [6.07, 6.45) is 0. The second-order valence-electron chi connectivity index (χ2n) is 7.90. The Morgan fingerprint density at radius 1 is 1.09 bits per heavy atom. The van der Waals surface area contributed by atoms with Crippen molar-refractivity contribution in [2.45, 2.75) is 45.4 Å². The van der Waals surface area contributed by atoms with Crippen molar-refractivity contribution in [3.05, 3.63) is 71.3 Å². The van der Waals surface area contributed by atoms with Crippen LogP contribution in [0.15, 0.2) is 53.7 Å². The molecule has 1 heterocycles. The van der Waals surface area contributed by atoms with Gasteiger partial charge in [0.15, 0.2) is 11.0 Å². The number of benzene rings is 2. The van der Waals surface area contributed by atoms with Gasteiger partial charge < -0.3 is 15.2 Å². The predicted octanol–water partition coefficient (Wildman–Crippen LogP) is 4.60. The number of thioether (sulfide) groups is 1. The highest BCUT2D eigenvalue weighted by Gasteiger charge is 2.26. The van der Waals surface area contributed by atoms with Crippen molar-refractivity contribution < 1.29 is 14.0 Å². The van der Waals surface area contributed by atoms with Crippen LogP contribution in [0.4, 0.5) is 10.1 Å². The lowest BCUT2D eigenvalue weighted by molar-refractivity contribution is -0.113. The van der Waals surface area contributed by atoms with Crippen molar-refractivity contribution in [3.63, 3.8) is 0 Å². The normalized spacial score (nSPS) is 11.9. The number of amides is 2. The Balaban J connectivity index is 1.71. The average Bonchev–Trinajstić information content (AvgIpc) is 3.21. The molecule has 0 radical (unpaired) electrons. The number of aromatic nitrogens is 3. The molecular weight excluding hydrogens is 441 g/mol. The van der Waals surface area contributed by atoms with E-state index in [-0.39, 0.29) is 35.3 Å². The summed E-state index contributed by atoms with van der Waals surface area (Å²) >= 11 is 1.25. The zero-order valence-corrected chi connectivity index (χ0v) is 19.9. The molecule has 0 spiro atoms. The van der Waals surface area contributed by atoms with Crippen LogP contribution < -0.4 is 10.6 Å². The molecular formula is C24H28FN5O2S. The zero-order chi connectivity index (χ0) is 24.0. The van der Waals surface area contributed by atoms with Gasteiger partial charge in [0.05, 0.1) is 11.8 Å².